The van der Waals surface area contributed by atoms with Crippen molar-refractivity contribution in [3.05, 3.63) is 11.6 Å². The van der Waals surface area contributed by atoms with Crippen molar-refractivity contribution in [3.8, 4) is 0 Å². The van der Waals surface area contributed by atoms with Crippen molar-refractivity contribution in [2.24, 2.45) is 0 Å². The summed E-state index contributed by atoms with van der Waals surface area (Å²) in [5.74, 6) is 1.88. The highest BCUT2D eigenvalue weighted by atomic mass is 32.2. The van der Waals surface area contributed by atoms with Crippen molar-refractivity contribution in [1.82, 2.24) is 10.2 Å². The van der Waals surface area contributed by atoms with Crippen LogP contribution in [0.25, 0.3) is 0 Å². The second-order valence-corrected chi connectivity index (χ2v) is 5.90. The van der Waals surface area contributed by atoms with Crippen LogP contribution in [0.2, 0.25) is 0 Å². The number of nitrogens with zero attached hydrogens (tertiary/aromatic N) is 1. The third kappa shape index (κ3) is 4.14. The van der Waals surface area contributed by atoms with Gasteiger partial charge in [-0.25, -0.2) is 0 Å². The number of hydrogen-bond acceptors (Lipinski definition) is 3. The SMILES string of the molecule is O=C(CC1CSCCN1)N1CC=C(C(F)(F)F)CC1. The molecular formula is C12H17F3N2OS. The highest BCUT2D eigenvalue weighted by Gasteiger charge is 2.35. The number of rotatable bonds is 2. The fourth-order valence-corrected chi connectivity index (χ4v) is 3.19. The molecule has 2 heterocycles. The molecule has 7 heteroatoms. The van der Waals surface area contributed by atoms with Gasteiger partial charge in [0.25, 0.3) is 0 Å². The maximum absolute atomic E-state index is 12.5. The monoisotopic (exact) mass is 294 g/mol. The van der Waals surface area contributed by atoms with Crippen LogP contribution in [0.1, 0.15) is 12.8 Å². The van der Waals surface area contributed by atoms with E-state index < -0.39 is 11.7 Å². The van der Waals surface area contributed by atoms with E-state index in [-0.39, 0.29) is 31.5 Å². The maximum Gasteiger partial charge on any atom is 0.412 e. The van der Waals surface area contributed by atoms with Crippen molar-refractivity contribution in [3.63, 3.8) is 0 Å². The molecule has 2 aliphatic rings. The Hall–Kier alpha value is -0.690. The van der Waals surface area contributed by atoms with Gasteiger partial charge in [-0.1, -0.05) is 6.08 Å². The van der Waals surface area contributed by atoms with E-state index in [2.05, 4.69) is 5.32 Å². The lowest BCUT2D eigenvalue weighted by molar-refractivity contribution is -0.132. The third-order valence-corrected chi connectivity index (χ3v) is 4.48. The minimum Gasteiger partial charge on any atom is -0.339 e. The summed E-state index contributed by atoms with van der Waals surface area (Å²) in [5, 5.41) is 3.26. The predicted molar refractivity (Wildman–Crippen MR) is 69.1 cm³/mol. The van der Waals surface area contributed by atoms with Crippen molar-refractivity contribution in [2.45, 2.75) is 25.1 Å². The Morgan fingerprint density at radius 2 is 2.32 bits per heavy atom. The zero-order chi connectivity index (χ0) is 13.9. The highest BCUT2D eigenvalue weighted by molar-refractivity contribution is 7.99. The normalized spacial score (nSPS) is 25.1. The molecule has 1 atom stereocenters. The molecule has 0 saturated carbocycles. The maximum atomic E-state index is 12.5. The zero-order valence-electron chi connectivity index (χ0n) is 10.5. The Labute approximate surface area is 114 Å². The molecule has 0 aromatic heterocycles. The number of alkyl halides is 3. The molecule has 3 nitrogen and oxygen atoms in total. The zero-order valence-corrected chi connectivity index (χ0v) is 11.3. The van der Waals surface area contributed by atoms with E-state index >= 15 is 0 Å². The Morgan fingerprint density at radius 3 is 2.84 bits per heavy atom. The van der Waals surface area contributed by atoms with Gasteiger partial charge in [-0.05, 0) is 6.42 Å². The van der Waals surface area contributed by atoms with Crippen LogP contribution in [0.5, 0.6) is 0 Å². The van der Waals surface area contributed by atoms with Crippen LogP contribution >= 0.6 is 11.8 Å². The van der Waals surface area contributed by atoms with Crippen molar-refractivity contribution >= 4 is 17.7 Å². The summed E-state index contributed by atoms with van der Waals surface area (Å²) in [5.41, 5.74) is -0.511. The number of thioether (sulfide) groups is 1. The van der Waals surface area contributed by atoms with Crippen molar-refractivity contribution < 1.29 is 18.0 Å². The first-order valence-corrected chi connectivity index (χ1v) is 7.47. The standard InChI is InChI=1S/C12H17F3N2OS/c13-12(14,15)9-1-4-17(5-2-9)11(18)7-10-8-19-6-3-16-10/h1,10,16H,2-8H2. The van der Waals surface area contributed by atoms with E-state index in [4.69, 9.17) is 0 Å². The lowest BCUT2D eigenvalue weighted by atomic mass is 10.1. The summed E-state index contributed by atoms with van der Waals surface area (Å²) in [4.78, 5) is 13.5. The molecule has 0 aromatic rings. The molecule has 0 radical (unpaired) electrons. The third-order valence-electron chi connectivity index (χ3n) is 3.35. The largest absolute Gasteiger partial charge is 0.412 e. The fourth-order valence-electron chi connectivity index (χ4n) is 2.24. The molecule has 19 heavy (non-hydrogen) atoms. The first kappa shape index (κ1) is 14.7. The van der Waals surface area contributed by atoms with Crippen LogP contribution in [0.4, 0.5) is 13.2 Å². The second kappa shape index (κ2) is 6.17. The molecule has 2 rings (SSSR count). The molecule has 0 aliphatic carbocycles. The lowest BCUT2D eigenvalue weighted by Gasteiger charge is -2.30. The lowest BCUT2D eigenvalue weighted by Crippen LogP contribution is -2.44. The minimum absolute atomic E-state index is 0.0579. The Bertz CT molecular complexity index is 364. The van der Waals surface area contributed by atoms with Gasteiger partial charge < -0.3 is 10.2 Å². The smallest absolute Gasteiger partial charge is 0.339 e. The van der Waals surface area contributed by atoms with Crippen LogP contribution in [0.3, 0.4) is 0 Å². The average molecular weight is 294 g/mol. The van der Waals surface area contributed by atoms with Gasteiger partial charge in [0, 0.05) is 49.2 Å². The van der Waals surface area contributed by atoms with Crippen LogP contribution in [0, 0.1) is 0 Å². The van der Waals surface area contributed by atoms with Crippen LogP contribution in [0.15, 0.2) is 11.6 Å². The number of nitrogens with one attached hydrogen (secondary N) is 1. The van der Waals surface area contributed by atoms with Crippen LogP contribution < -0.4 is 5.32 Å². The summed E-state index contributed by atoms with van der Waals surface area (Å²) in [6, 6.07) is 0.152. The van der Waals surface area contributed by atoms with E-state index in [1.54, 1.807) is 11.8 Å². The fraction of sp³-hybridized carbons (Fsp3) is 0.750. The number of halogens is 3. The number of amides is 1. The summed E-state index contributed by atoms with van der Waals surface area (Å²) in [7, 11) is 0. The summed E-state index contributed by atoms with van der Waals surface area (Å²) in [6.07, 6.45) is -2.84. The van der Waals surface area contributed by atoms with Gasteiger partial charge in [0.1, 0.15) is 0 Å². The van der Waals surface area contributed by atoms with E-state index in [9.17, 15) is 18.0 Å². The molecule has 0 aromatic carbocycles. The minimum atomic E-state index is -4.25. The van der Waals surface area contributed by atoms with Gasteiger partial charge in [-0.2, -0.15) is 24.9 Å². The molecule has 0 spiro atoms. The number of hydrogen-bond donors (Lipinski definition) is 1. The molecule has 1 saturated heterocycles. The summed E-state index contributed by atoms with van der Waals surface area (Å²) in [6.45, 7) is 1.14. The van der Waals surface area contributed by atoms with Gasteiger partial charge in [0.2, 0.25) is 5.91 Å². The van der Waals surface area contributed by atoms with Gasteiger partial charge in [-0.15, -0.1) is 0 Å². The van der Waals surface area contributed by atoms with E-state index in [0.29, 0.717) is 6.42 Å². The second-order valence-electron chi connectivity index (χ2n) is 4.75. The molecule has 1 unspecified atom stereocenters. The quantitative estimate of drug-likeness (QED) is 0.788. The van der Waals surface area contributed by atoms with Crippen molar-refractivity contribution in [1.29, 1.82) is 0 Å². The van der Waals surface area contributed by atoms with Crippen LogP contribution in [-0.4, -0.2) is 54.2 Å². The summed E-state index contributed by atoms with van der Waals surface area (Å²) < 4.78 is 37.4. The number of carbonyl (C=O) groups excluding carboxylic acids is 1. The Kier molecular flexibility index (Phi) is 4.78. The van der Waals surface area contributed by atoms with Crippen LogP contribution in [-0.2, 0) is 4.79 Å². The van der Waals surface area contributed by atoms with Gasteiger partial charge in [-0.3, -0.25) is 4.79 Å². The Balaban J connectivity index is 1.83. The van der Waals surface area contributed by atoms with Gasteiger partial charge in [0.15, 0.2) is 0 Å². The molecule has 108 valence electrons. The van der Waals surface area contributed by atoms with E-state index in [1.165, 1.54) is 4.90 Å². The topological polar surface area (TPSA) is 32.3 Å². The average Bonchev–Trinajstić information content (AvgIpc) is 2.39. The molecule has 1 N–H and O–H groups in total. The Morgan fingerprint density at radius 1 is 1.53 bits per heavy atom. The molecule has 1 amide bonds. The van der Waals surface area contributed by atoms with Crippen molar-refractivity contribution in [2.75, 3.05) is 31.1 Å². The van der Waals surface area contributed by atoms with Gasteiger partial charge in [0.05, 0.1) is 0 Å². The first-order chi connectivity index (χ1) is 8.97. The summed E-state index contributed by atoms with van der Waals surface area (Å²) >= 11 is 1.80. The molecular weight excluding hydrogens is 277 g/mol. The molecule has 2 aliphatic heterocycles. The highest BCUT2D eigenvalue weighted by Crippen LogP contribution is 2.30. The first-order valence-electron chi connectivity index (χ1n) is 6.32. The number of carbonyl (C=O) groups is 1. The molecule has 0 bridgehead atoms. The van der Waals surface area contributed by atoms with E-state index in [0.717, 1.165) is 24.1 Å². The van der Waals surface area contributed by atoms with E-state index in [1.807, 2.05) is 0 Å². The predicted octanol–water partition coefficient (Wildman–Crippen LogP) is 1.80. The van der Waals surface area contributed by atoms with Gasteiger partial charge >= 0.3 is 6.18 Å². The molecule has 1 fully saturated rings.